The Labute approximate surface area is 189 Å². The normalized spacial score (nSPS) is 25.6. The van der Waals surface area contributed by atoms with Crippen LogP contribution in [0.4, 0.5) is 5.82 Å². The van der Waals surface area contributed by atoms with Crippen molar-refractivity contribution in [3.05, 3.63) is 60.0 Å². The van der Waals surface area contributed by atoms with E-state index in [0.29, 0.717) is 11.9 Å². The summed E-state index contributed by atoms with van der Waals surface area (Å²) in [5.41, 5.74) is 11.5. The fourth-order valence-corrected chi connectivity index (χ4v) is 3.99. The van der Waals surface area contributed by atoms with Gasteiger partial charge in [-0.3, -0.25) is 4.79 Å². The number of carbonyl (C=O) groups is 1. The van der Waals surface area contributed by atoms with Crippen molar-refractivity contribution in [3.8, 4) is 6.07 Å². The maximum absolute atomic E-state index is 12.3. The van der Waals surface area contributed by atoms with E-state index in [9.17, 15) is 20.3 Å². The number of aromatic nitrogens is 3. The molecule has 1 aromatic carbocycles. The van der Waals surface area contributed by atoms with Crippen molar-refractivity contribution in [1.29, 1.82) is 5.26 Å². The molecule has 11 nitrogen and oxygen atoms in total. The van der Waals surface area contributed by atoms with Gasteiger partial charge < -0.3 is 31.2 Å². The summed E-state index contributed by atoms with van der Waals surface area (Å²) in [6, 6.07) is 14.1. The molecular formula is C22H24N6O5. The summed E-state index contributed by atoms with van der Waals surface area (Å²) in [7, 11) is 0. The van der Waals surface area contributed by atoms with Gasteiger partial charge in [-0.25, -0.2) is 9.50 Å². The van der Waals surface area contributed by atoms with Crippen LogP contribution in [0.5, 0.6) is 0 Å². The quantitative estimate of drug-likeness (QED) is 0.346. The van der Waals surface area contributed by atoms with Gasteiger partial charge in [0.1, 0.15) is 42.8 Å². The van der Waals surface area contributed by atoms with Gasteiger partial charge in [0.05, 0.1) is 12.1 Å². The lowest BCUT2D eigenvalue weighted by molar-refractivity contribution is -0.151. The number of ether oxygens (including phenoxy) is 2. The maximum Gasteiger partial charge on any atom is 0.307 e. The number of hydrogen-bond donors (Lipinski definition) is 4. The van der Waals surface area contributed by atoms with E-state index in [4.69, 9.17) is 20.9 Å². The van der Waals surface area contributed by atoms with E-state index in [2.05, 4.69) is 10.1 Å². The fourth-order valence-electron chi connectivity index (χ4n) is 3.99. The van der Waals surface area contributed by atoms with E-state index < -0.39 is 35.9 Å². The van der Waals surface area contributed by atoms with Crippen LogP contribution in [0.25, 0.3) is 5.52 Å². The Kier molecular flexibility index (Phi) is 6.26. The molecular weight excluding hydrogens is 428 g/mol. The monoisotopic (exact) mass is 452 g/mol. The number of anilines is 1. The van der Waals surface area contributed by atoms with Crippen molar-refractivity contribution in [2.24, 2.45) is 5.73 Å². The Morgan fingerprint density at radius 1 is 1.30 bits per heavy atom. The van der Waals surface area contributed by atoms with E-state index >= 15 is 0 Å². The van der Waals surface area contributed by atoms with Crippen molar-refractivity contribution in [3.63, 3.8) is 0 Å². The predicted molar refractivity (Wildman–Crippen MR) is 115 cm³/mol. The van der Waals surface area contributed by atoms with E-state index in [1.807, 2.05) is 36.4 Å². The molecule has 172 valence electrons. The number of nitrogen functional groups attached to an aromatic ring is 1. The molecule has 3 aromatic rings. The molecule has 3 heterocycles. The second-order valence-corrected chi connectivity index (χ2v) is 7.94. The highest BCUT2D eigenvalue weighted by Gasteiger charge is 2.57. The number of fused-ring (bicyclic) bond motifs is 1. The molecule has 5 atom stereocenters. The van der Waals surface area contributed by atoms with Crippen molar-refractivity contribution < 1.29 is 24.5 Å². The molecule has 6 N–H and O–H groups in total. The van der Waals surface area contributed by atoms with Crippen LogP contribution in [0.3, 0.4) is 0 Å². The van der Waals surface area contributed by atoms with Gasteiger partial charge in [-0.2, -0.15) is 10.4 Å². The molecule has 4 rings (SSSR count). The topological polar surface area (TPSA) is 182 Å². The standard InChI is InChI=1S/C22H24N6O5/c23-11-22(17-7-6-15-21(25)26-12-27-28(15)17)20(31)19(30)16(33-22)10-32-18(29)9-14(24)8-13-4-2-1-3-5-13/h1-7,12,14,16,19-20,30-31H,8-10,24H2,(H2,25,26,27)/t14-,16+,19+,20+,22-/m0/s1. The van der Waals surface area contributed by atoms with Gasteiger partial charge >= 0.3 is 5.97 Å². The minimum absolute atomic E-state index is 0.0385. The largest absolute Gasteiger partial charge is 0.463 e. The van der Waals surface area contributed by atoms with Crippen molar-refractivity contribution in [1.82, 2.24) is 14.6 Å². The number of benzene rings is 1. The molecule has 0 unspecified atom stereocenters. The molecule has 1 aliphatic rings. The van der Waals surface area contributed by atoms with Gasteiger partial charge in [0.15, 0.2) is 5.82 Å². The van der Waals surface area contributed by atoms with Crippen LogP contribution >= 0.6 is 0 Å². The third-order valence-corrected chi connectivity index (χ3v) is 5.66. The average Bonchev–Trinajstić information content (AvgIpc) is 3.34. The van der Waals surface area contributed by atoms with Crippen LogP contribution in [-0.2, 0) is 26.3 Å². The first kappa shape index (κ1) is 22.6. The second kappa shape index (κ2) is 9.13. The number of rotatable bonds is 7. The van der Waals surface area contributed by atoms with Crippen LogP contribution in [0.2, 0.25) is 0 Å². The van der Waals surface area contributed by atoms with Gasteiger partial charge in [0.25, 0.3) is 0 Å². The molecule has 11 heteroatoms. The first-order valence-corrected chi connectivity index (χ1v) is 10.3. The minimum atomic E-state index is -1.95. The summed E-state index contributed by atoms with van der Waals surface area (Å²) >= 11 is 0. The van der Waals surface area contributed by atoms with Gasteiger partial charge in [0, 0.05) is 6.04 Å². The predicted octanol–water partition coefficient (Wildman–Crippen LogP) is -0.346. The van der Waals surface area contributed by atoms with E-state index in [1.54, 1.807) is 6.07 Å². The van der Waals surface area contributed by atoms with Crippen molar-refractivity contribution in [2.45, 2.75) is 42.8 Å². The lowest BCUT2D eigenvalue weighted by atomic mass is 9.92. The van der Waals surface area contributed by atoms with E-state index in [-0.39, 0.29) is 24.5 Å². The Morgan fingerprint density at radius 3 is 2.79 bits per heavy atom. The highest BCUT2D eigenvalue weighted by Crippen LogP contribution is 2.40. The summed E-state index contributed by atoms with van der Waals surface area (Å²) in [5.74, 6) is -0.401. The number of nitrogens with two attached hydrogens (primary N) is 2. The van der Waals surface area contributed by atoms with Gasteiger partial charge in [-0.15, -0.1) is 0 Å². The zero-order valence-electron chi connectivity index (χ0n) is 17.6. The number of aliphatic hydroxyl groups is 2. The first-order valence-electron chi connectivity index (χ1n) is 10.3. The number of nitrogens with zero attached hydrogens (tertiary/aromatic N) is 4. The summed E-state index contributed by atoms with van der Waals surface area (Å²) in [4.78, 5) is 16.1. The zero-order valence-corrected chi connectivity index (χ0v) is 17.6. The number of aliphatic hydroxyl groups excluding tert-OH is 2. The van der Waals surface area contributed by atoms with E-state index in [0.717, 1.165) is 5.56 Å². The summed E-state index contributed by atoms with van der Waals surface area (Å²) < 4.78 is 12.3. The molecule has 1 saturated heterocycles. The third kappa shape index (κ3) is 4.24. The Balaban J connectivity index is 1.43. The number of carbonyl (C=O) groups excluding carboxylic acids is 1. The van der Waals surface area contributed by atoms with Crippen LogP contribution < -0.4 is 11.5 Å². The average molecular weight is 452 g/mol. The number of nitriles is 1. The maximum atomic E-state index is 12.3. The third-order valence-electron chi connectivity index (χ3n) is 5.66. The lowest BCUT2D eigenvalue weighted by Crippen LogP contribution is -2.41. The number of esters is 1. The summed E-state index contributed by atoms with van der Waals surface area (Å²) in [5, 5.41) is 35.2. The van der Waals surface area contributed by atoms with E-state index in [1.165, 1.54) is 16.9 Å². The molecule has 0 radical (unpaired) electrons. The molecule has 2 aromatic heterocycles. The van der Waals surface area contributed by atoms with Crippen molar-refractivity contribution >= 4 is 17.3 Å². The summed E-state index contributed by atoms with van der Waals surface area (Å²) in [6.07, 6.45) is -2.59. The van der Waals surface area contributed by atoms with Gasteiger partial charge in [-0.05, 0) is 24.1 Å². The Hall–Kier alpha value is -3.56. The van der Waals surface area contributed by atoms with Gasteiger partial charge in [-0.1, -0.05) is 30.3 Å². The second-order valence-electron chi connectivity index (χ2n) is 7.94. The molecule has 0 bridgehead atoms. The van der Waals surface area contributed by atoms with Crippen LogP contribution in [0.1, 0.15) is 17.7 Å². The van der Waals surface area contributed by atoms with Gasteiger partial charge in [0.2, 0.25) is 5.60 Å². The first-order chi connectivity index (χ1) is 15.9. The molecule has 0 spiro atoms. The highest BCUT2D eigenvalue weighted by atomic mass is 16.6. The van der Waals surface area contributed by atoms with Crippen LogP contribution in [0, 0.1) is 11.3 Å². The highest BCUT2D eigenvalue weighted by molar-refractivity contribution is 5.70. The summed E-state index contributed by atoms with van der Waals surface area (Å²) in [6.45, 7) is -0.362. The Morgan fingerprint density at radius 2 is 2.06 bits per heavy atom. The van der Waals surface area contributed by atoms with Crippen LogP contribution in [0.15, 0.2) is 48.8 Å². The number of hydrogen-bond acceptors (Lipinski definition) is 10. The molecule has 0 amide bonds. The zero-order chi connectivity index (χ0) is 23.6. The van der Waals surface area contributed by atoms with Crippen LogP contribution in [-0.4, -0.2) is 61.7 Å². The molecule has 0 aliphatic carbocycles. The molecule has 0 saturated carbocycles. The molecule has 1 aliphatic heterocycles. The Bertz CT molecular complexity index is 1180. The lowest BCUT2D eigenvalue weighted by Gasteiger charge is -2.24. The molecule has 33 heavy (non-hydrogen) atoms. The smallest absolute Gasteiger partial charge is 0.307 e. The fraction of sp³-hybridized carbons (Fsp3) is 0.364. The minimum Gasteiger partial charge on any atom is -0.463 e. The molecule has 1 fully saturated rings. The van der Waals surface area contributed by atoms with Crippen molar-refractivity contribution in [2.75, 3.05) is 12.3 Å². The SMILES string of the molecule is N#C[C@@]1(c2ccc3c(N)ncnn23)O[C@H](COC(=O)C[C@@H](N)Cc2ccccc2)[C@@H](O)[C@H]1O.